The van der Waals surface area contributed by atoms with Crippen LogP contribution in [0.15, 0.2) is 0 Å². The average molecular weight is 588 g/mol. The van der Waals surface area contributed by atoms with Gasteiger partial charge in [0.1, 0.15) is 0 Å². The van der Waals surface area contributed by atoms with E-state index < -0.39 is 5.60 Å². The molecule has 0 spiro atoms. The topological polar surface area (TPSA) is 66.4 Å². The molecule has 37 heavy (non-hydrogen) atoms. The zero-order valence-electron chi connectivity index (χ0n) is 24.4. The lowest BCUT2D eigenvalue weighted by Crippen LogP contribution is -2.63. The monoisotopic (exact) mass is 586 g/mol. The van der Waals surface area contributed by atoms with Crippen molar-refractivity contribution in [2.75, 3.05) is 0 Å². The van der Waals surface area contributed by atoms with Gasteiger partial charge in [0, 0.05) is 4.83 Å². The fourth-order valence-electron chi connectivity index (χ4n) is 7.89. The van der Waals surface area contributed by atoms with Gasteiger partial charge in [-0.25, -0.2) is 0 Å². The third-order valence-corrected chi connectivity index (χ3v) is 12.2. The lowest BCUT2D eigenvalue weighted by Gasteiger charge is -2.56. The Bertz CT molecular complexity index is 859. The molecule has 5 aliphatic heterocycles. The molecule has 0 aliphatic carbocycles. The van der Waals surface area contributed by atoms with Gasteiger partial charge in [-0.2, -0.15) is 0 Å². The van der Waals surface area contributed by atoms with Crippen molar-refractivity contribution in [3.8, 4) is 0 Å². The standard InChI is InChI=1S/C30H51BrO6/c1-25(2,32)20-12-16-29(7,34-20)24-14-18-28(6,36-24)23-10-9-21-27(5,35-23)17-13-22(33-21)30(8)15-11-19(31)26(3,4)37-30/h19-24,32H,9-18H2,1-8H3/t19-,20+,21-,22-,23-,24-,27+,28+,29+,30+/m1/s1. The Balaban J connectivity index is 1.21. The summed E-state index contributed by atoms with van der Waals surface area (Å²) in [6.45, 7) is 16.9. The van der Waals surface area contributed by atoms with Gasteiger partial charge in [0.05, 0.1) is 64.1 Å². The Morgan fingerprint density at radius 2 is 1.08 bits per heavy atom. The molecule has 0 amide bonds. The predicted molar refractivity (Wildman–Crippen MR) is 147 cm³/mol. The van der Waals surface area contributed by atoms with E-state index in [0.717, 1.165) is 64.2 Å². The number of halogens is 1. The van der Waals surface area contributed by atoms with E-state index >= 15 is 0 Å². The summed E-state index contributed by atoms with van der Waals surface area (Å²) in [4.78, 5) is 0.370. The van der Waals surface area contributed by atoms with Gasteiger partial charge < -0.3 is 28.8 Å². The second kappa shape index (κ2) is 9.39. The average Bonchev–Trinajstić information content (AvgIpc) is 3.40. The summed E-state index contributed by atoms with van der Waals surface area (Å²) in [5, 5.41) is 10.5. The largest absolute Gasteiger partial charge is 0.388 e. The molecule has 214 valence electrons. The molecule has 0 aromatic rings. The Kier molecular flexibility index (Phi) is 7.30. The second-order valence-electron chi connectivity index (χ2n) is 14.7. The highest BCUT2D eigenvalue weighted by Crippen LogP contribution is 2.52. The van der Waals surface area contributed by atoms with E-state index in [4.69, 9.17) is 23.7 Å². The minimum Gasteiger partial charge on any atom is -0.388 e. The Morgan fingerprint density at radius 3 is 1.68 bits per heavy atom. The summed E-state index contributed by atoms with van der Waals surface area (Å²) in [7, 11) is 0. The number of aliphatic hydroxyl groups is 1. The Hall–Kier alpha value is 0.240. The first-order valence-corrected chi connectivity index (χ1v) is 15.7. The predicted octanol–water partition coefficient (Wildman–Crippen LogP) is 6.23. The Labute approximate surface area is 233 Å². The number of rotatable bonds is 4. The van der Waals surface area contributed by atoms with Crippen molar-refractivity contribution in [1.29, 1.82) is 0 Å². The van der Waals surface area contributed by atoms with Crippen LogP contribution in [0.25, 0.3) is 0 Å². The fraction of sp³-hybridized carbons (Fsp3) is 1.00. The molecule has 5 fully saturated rings. The van der Waals surface area contributed by atoms with Gasteiger partial charge in [-0.05, 0) is 120 Å². The molecule has 6 nitrogen and oxygen atoms in total. The van der Waals surface area contributed by atoms with E-state index in [1.54, 1.807) is 0 Å². The van der Waals surface area contributed by atoms with Crippen LogP contribution in [0.4, 0.5) is 0 Å². The molecule has 0 aromatic heterocycles. The molecule has 1 N–H and O–H groups in total. The van der Waals surface area contributed by atoms with Crippen LogP contribution in [-0.4, -0.2) is 74.1 Å². The lowest BCUT2D eigenvalue weighted by atomic mass is 9.75. The molecule has 5 aliphatic rings. The molecule has 5 heterocycles. The van der Waals surface area contributed by atoms with Crippen LogP contribution < -0.4 is 0 Å². The molecule has 0 unspecified atom stereocenters. The zero-order chi connectivity index (χ0) is 27.1. The summed E-state index contributed by atoms with van der Waals surface area (Å²) in [5.74, 6) is 0. The van der Waals surface area contributed by atoms with Gasteiger partial charge in [-0.15, -0.1) is 0 Å². The summed E-state index contributed by atoms with van der Waals surface area (Å²) in [5.41, 5.74) is -2.30. The minimum atomic E-state index is -0.833. The molecule has 5 saturated heterocycles. The van der Waals surface area contributed by atoms with E-state index in [9.17, 15) is 5.11 Å². The summed E-state index contributed by atoms with van der Waals surface area (Å²) < 4.78 is 33.7. The number of ether oxygens (including phenoxy) is 5. The zero-order valence-corrected chi connectivity index (χ0v) is 26.0. The maximum absolute atomic E-state index is 10.5. The maximum Gasteiger partial charge on any atom is 0.0923 e. The van der Waals surface area contributed by atoms with Gasteiger partial charge in [0.2, 0.25) is 0 Å². The molecule has 0 saturated carbocycles. The van der Waals surface area contributed by atoms with E-state index in [1.807, 2.05) is 13.8 Å². The highest BCUT2D eigenvalue weighted by molar-refractivity contribution is 9.09. The highest BCUT2D eigenvalue weighted by Gasteiger charge is 2.58. The van der Waals surface area contributed by atoms with Crippen molar-refractivity contribution in [3.63, 3.8) is 0 Å². The fourth-order valence-corrected chi connectivity index (χ4v) is 8.21. The van der Waals surface area contributed by atoms with Crippen molar-refractivity contribution < 1.29 is 28.8 Å². The molecular formula is C30H51BrO6. The number of fused-ring (bicyclic) bond motifs is 1. The normalized spacial score (nSPS) is 52.7. The van der Waals surface area contributed by atoms with Crippen LogP contribution in [0.5, 0.6) is 0 Å². The van der Waals surface area contributed by atoms with E-state index in [2.05, 4.69) is 57.5 Å². The molecule has 10 atom stereocenters. The van der Waals surface area contributed by atoms with Gasteiger partial charge in [0.25, 0.3) is 0 Å². The first-order valence-electron chi connectivity index (χ1n) is 14.7. The highest BCUT2D eigenvalue weighted by atomic mass is 79.9. The van der Waals surface area contributed by atoms with Crippen LogP contribution >= 0.6 is 15.9 Å². The second-order valence-corrected chi connectivity index (χ2v) is 15.8. The van der Waals surface area contributed by atoms with E-state index in [0.29, 0.717) is 4.83 Å². The molecule has 7 heteroatoms. The minimum absolute atomic E-state index is 0.0241. The third kappa shape index (κ3) is 5.22. The van der Waals surface area contributed by atoms with Crippen LogP contribution in [0.2, 0.25) is 0 Å². The van der Waals surface area contributed by atoms with E-state index in [-0.39, 0.29) is 58.5 Å². The Morgan fingerprint density at radius 1 is 0.622 bits per heavy atom. The molecule has 0 radical (unpaired) electrons. The first-order chi connectivity index (χ1) is 17.0. The smallest absolute Gasteiger partial charge is 0.0923 e. The summed E-state index contributed by atoms with van der Waals surface area (Å²) >= 11 is 3.82. The van der Waals surface area contributed by atoms with Gasteiger partial charge >= 0.3 is 0 Å². The van der Waals surface area contributed by atoms with Gasteiger partial charge in [-0.3, -0.25) is 0 Å². The number of hydrogen-bond acceptors (Lipinski definition) is 6. The third-order valence-electron chi connectivity index (χ3n) is 10.6. The summed E-state index contributed by atoms with van der Waals surface area (Å²) in [6, 6.07) is 0. The van der Waals surface area contributed by atoms with Crippen molar-refractivity contribution in [1.82, 2.24) is 0 Å². The SMILES string of the molecule is CC(C)(O)[C@@H]1CC[C@@](C)([C@H]2CC[C@@](C)([C@H]3CC[C@H]4O[C@@H]([C@]5(C)CC[C@@H](Br)C(C)(C)O5)CC[C@]4(C)O3)O2)O1. The van der Waals surface area contributed by atoms with Crippen molar-refractivity contribution >= 4 is 15.9 Å². The van der Waals surface area contributed by atoms with Crippen LogP contribution in [0, 0.1) is 0 Å². The quantitative estimate of drug-likeness (QED) is 0.394. The molecule has 5 rings (SSSR count). The first kappa shape index (κ1) is 28.8. The van der Waals surface area contributed by atoms with Gasteiger partial charge in [-0.1, -0.05) is 15.9 Å². The molecular weight excluding hydrogens is 536 g/mol. The van der Waals surface area contributed by atoms with E-state index in [1.165, 1.54) is 0 Å². The summed E-state index contributed by atoms with van der Waals surface area (Å²) in [6.07, 6.45) is 9.75. The van der Waals surface area contributed by atoms with Crippen molar-refractivity contribution in [3.05, 3.63) is 0 Å². The number of alkyl halides is 1. The van der Waals surface area contributed by atoms with Crippen LogP contribution in [0.3, 0.4) is 0 Å². The van der Waals surface area contributed by atoms with Crippen molar-refractivity contribution in [2.45, 2.75) is 189 Å². The van der Waals surface area contributed by atoms with Crippen molar-refractivity contribution in [2.24, 2.45) is 0 Å². The number of hydrogen-bond donors (Lipinski definition) is 1. The van der Waals surface area contributed by atoms with Gasteiger partial charge in [0.15, 0.2) is 0 Å². The lowest BCUT2D eigenvalue weighted by molar-refractivity contribution is -0.305. The van der Waals surface area contributed by atoms with Crippen LogP contribution in [-0.2, 0) is 23.7 Å². The maximum atomic E-state index is 10.5. The molecule has 0 aromatic carbocycles. The molecule has 0 bridgehead atoms. The van der Waals surface area contributed by atoms with Crippen LogP contribution in [0.1, 0.15) is 120 Å².